The van der Waals surface area contributed by atoms with Crippen molar-refractivity contribution in [1.29, 1.82) is 0 Å². The van der Waals surface area contributed by atoms with Crippen molar-refractivity contribution in [3.05, 3.63) is 69.7 Å². The average Bonchev–Trinajstić information content (AvgIpc) is 3.29. The molecule has 1 aromatic heterocycles. The molecule has 8 heteroatoms. The summed E-state index contributed by atoms with van der Waals surface area (Å²) in [5.41, 5.74) is 2.34. The minimum Gasteiger partial charge on any atom is -0.486 e. The molecule has 1 aliphatic rings. The number of nitrogens with zero attached hydrogens (tertiary/aromatic N) is 2. The molecule has 4 rings (SSSR count). The molecule has 2 amide bonds. The Kier molecular flexibility index (Phi) is 7.11. The van der Waals surface area contributed by atoms with Crippen molar-refractivity contribution in [2.75, 3.05) is 5.32 Å². The van der Waals surface area contributed by atoms with E-state index in [-0.39, 0.29) is 29.5 Å². The zero-order valence-corrected chi connectivity index (χ0v) is 18.8. The highest BCUT2D eigenvalue weighted by atomic mass is 32.1. The first-order chi connectivity index (χ1) is 15.6. The van der Waals surface area contributed by atoms with Crippen LogP contribution in [0.15, 0.2) is 48.5 Å². The number of aromatic nitrogens is 2. The van der Waals surface area contributed by atoms with E-state index >= 15 is 0 Å². The summed E-state index contributed by atoms with van der Waals surface area (Å²) in [5.74, 6) is 0.286. The lowest BCUT2D eigenvalue weighted by molar-refractivity contribution is 0.0927. The normalized spacial score (nSPS) is 14.0. The van der Waals surface area contributed by atoms with Crippen LogP contribution in [0.3, 0.4) is 0 Å². The Hall–Kier alpha value is -3.26. The standard InChI is InChI=1S/C24H26N4O3S/c1-16-7-5-6-10-20(16)26-23(30)24-28-27-21(32-24)15-31-19-13-11-17(12-14-19)22(29)25-18-8-3-2-4-9-18/h5-7,10-14,18H,2-4,8-9,15H2,1H3,(H,25,29)(H,26,30). The molecule has 1 fully saturated rings. The third-order valence-corrected chi connectivity index (χ3v) is 6.37. The van der Waals surface area contributed by atoms with Gasteiger partial charge >= 0.3 is 0 Å². The molecule has 166 valence electrons. The number of aryl methyl sites for hydroxylation is 1. The van der Waals surface area contributed by atoms with Gasteiger partial charge in [-0.05, 0) is 55.7 Å². The number of hydrogen-bond acceptors (Lipinski definition) is 6. The molecule has 7 nitrogen and oxygen atoms in total. The van der Waals surface area contributed by atoms with Crippen molar-refractivity contribution >= 4 is 28.8 Å². The van der Waals surface area contributed by atoms with Crippen LogP contribution in [0.2, 0.25) is 0 Å². The van der Waals surface area contributed by atoms with Gasteiger partial charge < -0.3 is 15.4 Å². The van der Waals surface area contributed by atoms with Crippen molar-refractivity contribution in [2.24, 2.45) is 0 Å². The van der Waals surface area contributed by atoms with Crippen molar-refractivity contribution in [3.63, 3.8) is 0 Å². The lowest BCUT2D eigenvalue weighted by atomic mass is 9.95. The summed E-state index contributed by atoms with van der Waals surface area (Å²) in [7, 11) is 0. The zero-order valence-electron chi connectivity index (χ0n) is 18.0. The lowest BCUT2D eigenvalue weighted by Crippen LogP contribution is -2.36. The maximum Gasteiger partial charge on any atom is 0.286 e. The van der Waals surface area contributed by atoms with E-state index < -0.39 is 0 Å². The largest absolute Gasteiger partial charge is 0.486 e. The van der Waals surface area contributed by atoms with Crippen molar-refractivity contribution in [3.8, 4) is 5.75 Å². The summed E-state index contributed by atoms with van der Waals surface area (Å²) in [5, 5.41) is 14.9. The van der Waals surface area contributed by atoms with E-state index in [2.05, 4.69) is 20.8 Å². The molecule has 0 spiro atoms. The molecule has 0 atom stereocenters. The van der Waals surface area contributed by atoms with Crippen LogP contribution in [-0.4, -0.2) is 28.1 Å². The van der Waals surface area contributed by atoms with E-state index in [0.29, 0.717) is 16.3 Å². The van der Waals surface area contributed by atoms with Crippen LogP contribution >= 0.6 is 11.3 Å². The fourth-order valence-corrected chi connectivity index (χ4v) is 4.30. The second-order valence-corrected chi connectivity index (χ2v) is 8.95. The SMILES string of the molecule is Cc1ccccc1NC(=O)c1nnc(COc2ccc(C(=O)NC3CCCCC3)cc2)s1. The average molecular weight is 451 g/mol. The molecule has 1 saturated carbocycles. The highest BCUT2D eigenvalue weighted by molar-refractivity contribution is 7.13. The molecule has 1 heterocycles. The van der Waals surface area contributed by atoms with Crippen LogP contribution in [0.25, 0.3) is 0 Å². The van der Waals surface area contributed by atoms with Crippen LogP contribution in [0.1, 0.15) is 62.8 Å². The van der Waals surface area contributed by atoms with E-state index in [1.54, 1.807) is 24.3 Å². The number of rotatable bonds is 7. The van der Waals surface area contributed by atoms with Gasteiger partial charge in [0.2, 0.25) is 5.01 Å². The summed E-state index contributed by atoms with van der Waals surface area (Å²) >= 11 is 1.19. The van der Waals surface area contributed by atoms with Gasteiger partial charge in [0.15, 0.2) is 5.01 Å². The lowest BCUT2D eigenvalue weighted by Gasteiger charge is -2.22. The van der Waals surface area contributed by atoms with E-state index in [9.17, 15) is 9.59 Å². The predicted octanol–water partition coefficient (Wildman–Crippen LogP) is 4.74. The van der Waals surface area contributed by atoms with Crippen LogP contribution in [0.4, 0.5) is 5.69 Å². The summed E-state index contributed by atoms with van der Waals surface area (Å²) in [6.45, 7) is 2.13. The third-order valence-electron chi connectivity index (χ3n) is 5.47. The van der Waals surface area contributed by atoms with Crippen LogP contribution < -0.4 is 15.4 Å². The molecular formula is C24H26N4O3S. The number of amides is 2. The second-order valence-electron chi connectivity index (χ2n) is 7.89. The summed E-state index contributed by atoms with van der Waals surface area (Å²) in [4.78, 5) is 24.8. The molecule has 3 aromatic rings. The third kappa shape index (κ3) is 5.70. The Balaban J connectivity index is 1.28. The number of para-hydroxylation sites is 1. The molecule has 0 bridgehead atoms. The highest BCUT2D eigenvalue weighted by Crippen LogP contribution is 2.20. The number of carbonyl (C=O) groups is 2. The van der Waals surface area contributed by atoms with Gasteiger partial charge in [-0.25, -0.2) is 0 Å². The Labute approximate surface area is 191 Å². The summed E-state index contributed by atoms with van der Waals surface area (Å²) < 4.78 is 5.75. The minimum atomic E-state index is -0.295. The van der Waals surface area contributed by atoms with Crippen LogP contribution in [0.5, 0.6) is 5.75 Å². The maximum absolute atomic E-state index is 12.4. The summed E-state index contributed by atoms with van der Waals surface area (Å²) in [6, 6.07) is 14.9. The van der Waals surface area contributed by atoms with E-state index in [1.807, 2.05) is 31.2 Å². The molecule has 32 heavy (non-hydrogen) atoms. The van der Waals surface area contributed by atoms with Gasteiger partial charge in [-0.15, -0.1) is 10.2 Å². The number of benzene rings is 2. The van der Waals surface area contributed by atoms with Gasteiger partial charge in [0, 0.05) is 17.3 Å². The first-order valence-electron chi connectivity index (χ1n) is 10.8. The minimum absolute atomic E-state index is 0.0446. The second kappa shape index (κ2) is 10.4. The van der Waals surface area contributed by atoms with Crippen LogP contribution in [0, 0.1) is 6.92 Å². The monoisotopic (exact) mass is 450 g/mol. The number of nitrogens with one attached hydrogen (secondary N) is 2. The van der Waals surface area contributed by atoms with Crippen molar-refractivity contribution < 1.29 is 14.3 Å². The number of anilines is 1. The molecule has 0 aliphatic heterocycles. The molecule has 0 radical (unpaired) electrons. The Morgan fingerprint density at radius 2 is 1.75 bits per heavy atom. The Bertz CT molecular complexity index is 1070. The highest BCUT2D eigenvalue weighted by Gasteiger charge is 2.17. The Morgan fingerprint density at radius 3 is 2.50 bits per heavy atom. The number of hydrogen-bond donors (Lipinski definition) is 2. The van der Waals surface area contributed by atoms with Gasteiger partial charge in [0.25, 0.3) is 11.8 Å². The molecule has 2 aromatic carbocycles. The number of ether oxygens (including phenoxy) is 1. The smallest absolute Gasteiger partial charge is 0.286 e. The van der Waals surface area contributed by atoms with Gasteiger partial charge in [0.05, 0.1) is 0 Å². The molecule has 1 aliphatic carbocycles. The van der Waals surface area contributed by atoms with Gasteiger partial charge in [-0.2, -0.15) is 0 Å². The fraction of sp³-hybridized carbons (Fsp3) is 0.333. The van der Waals surface area contributed by atoms with Gasteiger partial charge in [-0.3, -0.25) is 9.59 Å². The molecule has 0 saturated heterocycles. The molecular weight excluding hydrogens is 424 g/mol. The Morgan fingerprint density at radius 1 is 1.00 bits per heavy atom. The maximum atomic E-state index is 12.4. The first kappa shape index (κ1) is 22.0. The van der Waals surface area contributed by atoms with E-state index in [0.717, 1.165) is 24.1 Å². The topological polar surface area (TPSA) is 93.2 Å². The quantitative estimate of drug-likeness (QED) is 0.542. The van der Waals surface area contributed by atoms with Gasteiger partial charge in [0.1, 0.15) is 12.4 Å². The van der Waals surface area contributed by atoms with Crippen LogP contribution in [-0.2, 0) is 6.61 Å². The predicted molar refractivity (Wildman–Crippen MR) is 124 cm³/mol. The van der Waals surface area contributed by atoms with E-state index in [4.69, 9.17) is 4.74 Å². The van der Waals surface area contributed by atoms with Crippen molar-refractivity contribution in [2.45, 2.75) is 51.7 Å². The number of carbonyl (C=O) groups excluding carboxylic acids is 2. The van der Waals surface area contributed by atoms with Crippen molar-refractivity contribution in [1.82, 2.24) is 15.5 Å². The van der Waals surface area contributed by atoms with Gasteiger partial charge in [-0.1, -0.05) is 48.8 Å². The molecule has 0 unspecified atom stereocenters. The molecule has 2 N–H and O–H groups in total. The zero-order chi connectivity index (χ0) is 22.3. The van der Waals surface area contributed by atoms with E-state index in [1.165, 1.54) is 30.6 Å². The fourth-order valence-electron chi connectivity index (χ4n) is 3.66. The summed E-state index contributed by atoms with van der Waals surface area (Å²) in [6.07, 6.45) is 5.72. The first-order valence-corrected chi connectivity index (χ1v) is 11.6.